The summed E-state index contributed by atoms with van der Waals surface area (Å²) in [6.07, 6.45) is 1.90. The molecule has 1 unspecified atom stereocenters. The summed E-state index contributed by atoms with van der Waals surface area (Å²) in [7, 11) is 0. The minimum Gasteiger partial charge on any atom is -0.257 e. The highest BCUT2D eigenvalue weighted by Gasteiger charge is 2.31. The molecule has 1 nitrogen and oxygen atoms in total. The summed E-state index contributed by atoms with van der Waals surface area (Å²) in [5.41, 5.74) is 2.05. The fourth-order valence-electron chi connectivity index (χ4n) is 2.46. The Labute approximate surface area is 114 Å². The quantitative estimate of drug-likeness (QED) is 0.749. The van der Waals surface area contributed by atoms with Crippen LogP contribution in [0.15, 0.2) is 48.7 Å². The topological polar surface area (TPSA) is 12.9 Å². The summed E-state index contributed by atoms with van der Waals surface area (Å²) in [6, 6.07) is 9.35. The third-order valence-electron chi connectivity index (χ3n) is 3.49. The molecule has 0 radical (unpaired) electrons. The van der Waals surface area contributed by atoms with E-state index in [1.54, 1.807) is 12.3 Å². The van der Waals surface area contributed by atoms with Gasteiger partial charge in [-0.25, -0.2) is 0 Å². The maximum Gasteiger partial charge on any atom is 0.416 e. The molecule has 0 N–H and O–H groups in total. The largest absolute Gasteiger partial charge is 0.416 e. The Kier molecular flexibility index (Phi) is 3.08. The van der Waals surface area contributed by atoms with Gasteiger partial charge in [-0.2, -0.15) is 13.2 Å². The maximum atomic E-state index is 12.7. The van der Waals surface area contributed by atoms with E-state index in [0.717, 1.165) is 17.3 Å². The first kappa shape index (κ1) is 12.9. The first-order valence-corrected chi connectivity index (χ1v) is 6.33. The Morgan fingerprint density at radius 2 is 1.95 bits per heavy atom. The van der Waals surface area contributed by atoms with E-state index in [4.69, 9.17) is 0 Å². The van der Waals surface area contributed by atoms with E-state index in [1.807, 2.05) is 24.3 Å². The molecule has 102 valence electrons. The van der Waals surface area contributed by atoms with Crippen LogP contribution in [-0.2, 0) is 12.6 Å². The second-order valence-electron chi connectivity index (χ2n) is 4.84. The normalized spacial score (nSPS) is 17.9. The zero-order valence-electron chi connectivity index (χ0n) is 10.6. The van der Waals surface area contributed by atoms with E-state index < -0.39 is 11.7 Å². The Morgan fingerprint density at radius 1 is 1.10 bits per heavy atom. The number of allylic oxidation sites excluding steroid dienone is 1. The number of fused-ring (bicyclic) bond motifs is 1. The van der Waals surface area contributed by atoms with Crippen molar-refractivity contribution in [2.24, 2.45) is 0 Å². The predicted molar refractivity (Wildman–Crippen MR) is 71.2 cm³/mol. The van der Waals surface area contributed by atoms with Crippen molar-refractivity contribution in [3.63, 3.8) is 0 Å². The molecule has 0 spiro atoms. The monoisotopic (exact) mass is 275 g/mol. The molecule has 1 aliphatic rings. The number of pyridine rings is 1. The molecule has 1 heterocycles. The second-order valence-corrected chi connectivity index (χ2v) is 4.84. The van der Waals surface area contributed by atoms with E-state index in [1.165, 1.54) is 12.1 Å². The van der Waals surface area contributed by atoms with Gasteiger partial charge in [0, 0.05) is 12.1 Å². The van der Waals surface area contributed by atoms with Gasteiger partial charge in [-0.3, -0.25) is 4.98 Å². The SMILES string of the molecule is FC(F)(F)c1cccc(C2C=Cc3ncccc3C2)c1. The molecule has 1 aromatic heterocycles. The molecule has 20 heavy (non-hydrogen) atoms. The number of benzene rings is 1. The van der Waals surface area contributed by atoms with Crippen molar-refractivity contribution in [3.05, 3.63) is 71.1 Å². The summed E-state index contributed by atoms with van der Waals surface area (Å²) in [5.74, 6) is -0.0333. The second kappa shape index (κ2) is 4.78. The van der Waals surface area contributed by atoms with Gasteiger partial charge in [0.25, 0.3) is 0 Å². The summed E-state index contributed by atoms with van der Waals surface area (Å²) in [6.45, 7) is 0. The van der Waals surface area contributed by atoms with Gasteiger partial charge in [-0.05, 0) is 35.8 Å². The molecule has 1 aliphatic carbocycles. The van der Waals surface area contributed by atoms with Crippen LogP contribution in [0.4, 0.5) is 13.2 Å². The number of alkyl halides is 3. The van der Waals surface area contributed by atoms with Crippen LogP contribution < -0.4 is 0 Å². The van der Waals surface area contributed by atoms with Gasteiger partial charge >= 0.3 is 6.18 Å². The number of rotatable bonds is 1. The van der Waals surface area contributed by atoms with E-state index in [9.17, 15) is 13.2 Å². The lowest BCUT2D eigenvalue weighted by molar-refractivity contribution is -0.137. The van der Waals surface area contributed by atoms with Crippen LogP contribution in [0.2, 0.25) is 0 Å². The third kappa shape index (κ3) is 2.46. The summed E-state index contributed by atoms with van der Waals surface area (Å²) >= 11 is 0. The predicted octanol–water partition coefficient (Wildman–Crippen LogP) is 4.45. The van der Waals surface area contributed by atoms with Gasteiger partial charge in [0.05, 0.1) is 11.3 Å². The van der Waals surface area contributed by atoms with Gasteiger partial charge in [0.15, 0.2) is 0 Å². The fourth-order valence-corrected chi connectivity index (χ4v) is 2.46. The summed E-state index contributed by atoms with van der Waals surface area (Å²) in [4.78, 5) is 4.24. The summed E-state index contributed by atoms with van der Waals surface area (Å²) in [5, 5.41) is 0. The van der Waals surface area contributed by atoms with Crippen LogP contribution in [0.3, 0.4) is 0 Å². The van der Waals surface area contributed by atoms with E-state index in [0.29, 0.717) is 12.0 Å². The minimum absolute atomic E-state index is 0.0333. The average Bonchev–Trinajstić information content (AvgIpc) is 2.46. The van der Waals surface area contributed by atoms with Crippen molar-refractivity contribution in [1.29, 1.82) is 0 Å². The number of hydrogen-bond acceptors (Lipinski definition) is 1. The molecule has 3 rings (SSSR count). The van der Waals surface area contributed by atoms with Gasteiger partial charge in [-0.1, -0.05) is 30.3 Å². The first-order valence-electron chi connectivity index (χ1n) is 6.33. The Morgan fingerprint density at radius 3 is 2.75 bits per heavy atom. The molecule has 0 fully saturated rings. The molecule has 4 heteroatoms. The third-order valence-corrected chi connectivity index (χ3v) is 3.49. The smallest absolute Gasteiger partial charge is 0.257 e. The average molecular weight is 275 g/mol. The van der Waals surface area contributed by atoms with Crippen molar-refractivity contribution in [1.82, 2.24) is 4.98 Å². The number of halogens is 3. The Bertz CT molecular complexity index is 659. The molecular formula is C16H12F3N. The van der Waals surface area contributed by atoms with Gasteiger partial charge in [-0.15, -0.1) is 0 Å². The Balaban J connectivity index is 1.93. The molecule has 2 aromatic rings. The molecular weight excluding hydrogens is 263 g/mol. The highest BCUT2D eigenvalue weighted by molar-refractivity contribution is 5.55. The van der Waals surface area contributed by atoms with Crippen molar-refractivity contribution >= 4 is 6.08 Å². The van der Waals surface area contributed by atoms with E-state index in [-0.39, 0.29) is 5.92 Å². The highest BCUT2D eigenvalue weighted by atomic mass is 19.4. The lowest BCUT2D eigenvalue weighted by Gasteiger charge is -2.20. The molecule has 0 saturated heterocycles. The lowest BCUT2D eigenvalue weighted by atomic mass is 9.86. The van der Waals surface area contributed by atoms with Crippen LogP contribution in [0.1, 0.15) is 28.3 Å². The standard InChI is InChI=1S/C16H12F3N/c17-16(18,19)14-5-1-3-11(10-14)12-6-7-15-13(9-12)4-2-8-20-15/h1-8,10,12H,9H2. The van der Waals surface area contributed by atoms with Crippen LogP contribution >= 0.6 is 0 Å². The molecule has 0 amide bonds. The maximum absolute atomic E-state index is 12.7. The van der Waals surface area contributed by atoms with Crippen molar-refractivity contribution < 1.29 is 13.2 Å². The van der Waals surface area contributed by atoms with Crippen molar-refractivity contribution in [2.45, 2.75) is 18.5 Å². The Hall–Kier alpha value is -2.10. The molecule has 0 aliphatic heterocycles. The number of nitrogens with zero attached hydrogens (tertiary/aromatic N) is 1. The minimum atomic E-state index is -4.30. The fraction of sp³-hybridized carbons (Fsp3) is 0.188. The lowest BCUT2D eigenvalue weighted by Crippen LogP contribution is -2.09. The number of aromatic nitrogens is 1. The van der Waals surface area contributed by atoms with Crippen LogP contribution in [0.25, 0.3) is 6.08 Å². The van der Waals surface area contributed by atoms with Gasteiger partial charge < -0.3 is 0 Å². The molecule has 1 atom stereocenters. The van der Waals surface area contributed by atoms with Gasteiger partial charge in [0.2, 0.25) is 0 Å². The van der Waals surface area contributed by atoms with Crippen LogP contribution in [0.5, 0.6) is 0 Å². The molecule has 1 aromatic carbocycles. The highest BCUT2D eigenvalue weighted by Crippen LogP contribution is 2.34. The van der Waals surface area contributed by atoms with Gasteiger partial charge in [0.1, 0.15) is 0 Å². The molecule has 0 bridgehead atoms. The van der Waals surface area contributed by atoms with E-state index in [2.05, 4.69) is 4.98 Å². The van der Waals surface area contributed by atoms with E-state index >= 15 is 0 Å². The number of hydrogen-bond donors (Lipinski definition) is 0. The van der Waals surface area contributed by atoms with Crippen molar-refractivity contribution in [2.75, 3.05) is 0 Å². The van der Waals surface area contributed by atoms with Crippen LogP contribution in [-0.4, -0.2) is 4.98 Å². The van der Waals surface area contributed by atoms with Crippen molar-refractivity contribution in [3.8, 4) is 0 Å². The zero-order chi connectivity index (χ0) is 14.2. The summed E-state index contributed by atoms with van der Waals surface area (Å²) < 4.78 is 38.2. The zero-order valence-corrected chi connectivity index (χ0v) is 10.6. The molecule has 0 saturated carbocycles. The van der Waals surface area contributed by atoms with Crippen LogP contribution in [0, 0.1) is 0 Å². The first-order chi connectivity index (χ1) is 9.54.